The molecule has 0 spiro atoms. The van der Waals surface area contributed by atoms with Gasteiger partial charge in [-0.25, -0.2) is 0 Å². The highest BCUT2D eigenvalue weighted by molar-refractivity contribution is 6.39. The maximum atomic E-state index is 12.5. The summed E-state index contributed by atoms with van der Waals surface area (Å²) in [6.45, 7) is 7.51. The Kier molecular flexibility index (Phi) is 6.28. The number of benzene rings is 2. The van der Waals surface area contributed by atoms with E-state index in [9.17, 15) is 9.59 Å². The van der Waals surface area contributed by atoms with Crippen molar-refractivity contribution in [2.45, 2.75) is 39.2 Å². The SMILES string of the molecule is Cc1ccc(NC(=O)C(=O)NC[C@H](c2ccc3c(c2)CCN3C)N2CCCC2)cc1C. The summed E-state index contributed by atoms with van der Waals surface area (Å²) in [4.78, 5) is 29.7. The molecular weight excluding hydrogens is 388 g/mol. The average molecular weight is 421 g/mol. The molecule has 2 aliphatic rings. The first kappa shape index (κ1) is 21.4. The Morgan fingerprint density at radius 2 is 1.74 bits per heavy atom. The molecule has 2 amide bonds. The molecule has 2 aromatic carbocycles. The van der Waals surface area contributed by atoms with Gasteiger partial charge in [0, 0.05) is 31.5 Å². The van der Waals surface area contributed by atoms with Gasteiger partial charge in [0.05, 0.1) is 6.04 Å². The zero-order valence-corrected chi connectivity index (χ0v) is 18.7. The van der Waals surface area contributed by atoms with Crippen LogP contribution in [0.2, 0.25) is 0 Å². The van der Waals surface area contributed by atoms with Gasteiger partial charge >= 0.3 is 11.8 Å². The van der Waals surface area contributed by atoms with Crippen LogP contribution >= 0.6 is 0 Å². The number of carbonyl (C=O) groups excluding carboxylic acids is 2. The Bertz CT molecular complexity index is 981. The zero-order valence-electron chi connectivity index (χ0n) is 18.7. The van der Waals surface area contributed by atoms with E-state index in [4.69, 9.17) is 0 Å². The molecule has 2 aromatic rings. The Labute approximate surface area is 184 Å². The second-order valence-corrected chi connectivity index (χ2v) is 8.78. The smallest absolute Gasteiger partial charge is 0.313 e. The van der Waals surface area contributed by atoms with Crippen molar-refractivity contribution >= 4 is 23.2 Å². The summed E-state index contributed by atoms with van der Waals surface area (Å²) in [6, 6.07) is 12.4. The molecule has 2 heterocycles. The van der Waals surface area contributed by atoms with E-state index >= 15 is 0 Å². The van der Waals surface area contributed by atoms with E-state index in [-0.39, 0.29) is 6.04 Å². The quantitative estimate of drug-likeness (QED) is 0.730. The summed E-state index contributed by atoms with van der Waals surface area (Å²) in [5.41, 5.74) is 6.74. The summed E-state index contributed by atoms with van der Waals surface area (Å²) < 4.78 is 0. The fourth-order valence-electron chi connectivity index (χ4n) is 4.58. The predicted octanol–water partition coefficient (Wildman–Crippen LogP) is 3.19. The second-order valence-electron chi connectivity index (χ2n) is 8.78. The minimum Gasteiger partial charge on any atom is -0.374 e. The maximum absolute atomic E-state index is 12.5. The third-order valence-electron chi connectivity index (χ3n) is 6.62. The summed E-state index contributed by atoms with van der Waals surface area (Å²) in [5.74, 6) is -1.22. The van der Waals surface area contributed by atoms with E-state index < -0.39 is 11.8 Å². The van der Waals surface area contributed by atoms with Gasteiger partial charge in [0.2, 0.25) is 0 Å². The molecule has 4 rings (SSSR count). The van der Waals surface area contributed by atoms with Gasteiger partial charge in [-0.2, -0.15) is 0 Å². The lowest BCUT2D eigenvalue weighted by molar-refractivity contribution is -0.136. The molecule has 0 unspecified atom stereocenters. The van der Waals surface area contributed by atoms with Crippen LogP contribution in [0.15, 0.2) is 36.4 Å². The molecule has 2 aliphatic heterocycles. The molecule has 2 N–H and O–H groups in total. The number of rotatable bonds is 5. The number of carbonyl (C=O) groups is 2. The van der Waals surface area contributed by atoms with Crippen molar-refractivity contribution in [3.05, 3.63) is 58.7 Å². The highest BCUT2D eigenvalue weighted by Crippen LogP contribution is 2.32. The van der Waals surface area contributed by atoms with E-state index in [0.717, 1.165) is 37.2 Å². The molecule has 1 atom stereocenters. The standard InChI is InChI=1S/C25H32N4O2/c1-17-6-8-21(14-18(17)2)27-25(31)24(30)26-16-23(29-11-4-5-12-29)19-7-9-22-20(15-19)10-13-28(22)3/h6-9,14-15,23H,4-5,10-13,16H2,1-3H3,(H,26,30)(H,27,31)/t23-/m1/s1. The third kappa shape index (κ3) is 4.74. The van der Waals surface area contributed by atoms with Crippen molar-refractivity contribution in [2.75, 3.05) is 43.4 Å². The Balaban J connectivity index is 1.43. The van der Waals surface area contributed by atoms with Gasteiger partial charge in [-0.15, -0.1) is 0 Å². The monoisotopic (exact) mass is 420 g/mol. The highest BCUT2D eigenvalue weighted by Gasteiger charge is 2.27. The van der Waals surface area contributed by atoms with Gasteiger partial charge in [0.25, 0.3) is 0 Å². The first-order valence-corrected chi connectivity index (χ1v) is 11.2. The molecule has 6 heteroatoms. The van der Waals surface area contributed by atoms with Gasteiger partial charge in [0.1, 0.15) is 0 Å². The number of hydrogen-bond acceptors (Lipinski definition) is 4. The van der Waals surface area contributed by atoms with Crippen molar-refractivity contribution in [1.29, 1.82) is 0 Å². The summed E-state index contributed by atoms with van der Waals surface area (Å²) in [6.07, 6.45) is 3.40. The van der Waals surface area contributed by atoms with Gasteiger partial charge in [-0.1, -0.05) is 18.2 Å². The summed E-state index contributed by atoms with van der Waals surface area (Å²) in [5, 5.41) is 5.59. The topological polar surface area (TPSA) is 64.7 Å². The molecule has 164 valence electrons. The molecule has 0 bridgehead atoms. The fraction of sp³-hybridized carbons (Fsp3) is 0.440. The first-order valence-electron chi connectivity index (χ1n) is 11.2. The molecule has 1 saturated heterocycles. The van der Waals surface area contributed by atoms with Crippen molar-refractivity contribution in [2.24, 2.45) is 0 Å². The minimum absolute atomic E-state index is 0.0806. The van der Waals surface area contributed by atoms with Crippen LogP contribution in [-0.2, 0) is 16.0 Å². The van der Waals surface area contributed by atoms with Gasteiger partial charge in [0.15, 0.2) is 0 Å². The van der Waals surface area contributed by atoms with Crippen LogP contribution in [0.1, 0.15) is 41.1 Å². The summed E-state index contributed by atoms with van der Waals surface area (Å²) in [7, 11) is 2.12. The van der Waals surface area contributed by atoms with E-state index in [2.05, 4.69) is 45.7 Å². The lowest BCUT2D eigenvalue weighted by atomic mass is 10.0. The number of amides is 2. The predicted molar refractivity (Wildman–Crippen MR) is 125 cm³/mol. The minimum atomic E-state index is -0.626. The lowest BCUT2D eigenvalue weighted by Crippen LogP contribution is -2.41. The normalized spacial score (nSPS) is 16.8. The molecule has 0 aliphatic carbocycles. The van der Waals surface area contributed by atoms with Crippen molar-refractivity contribution < 1.29 is 9.59 Å². The van der Waals surface area contributed by atoms with Crippen LogP contribution in [0, 0.1) is 13.8 Å². The molecule has 31 heavy (non-hydrogen) atoms. The highest BCUT2D eigenvalue weighted by atomic mass is 16.2. The van der Waals surface area contributed by atoms with E-state index in [1.54, 1.807) is 0 Å². The van der Waals surface area contributed by atoms with Crippen molar-refractivity contribution in [3.63, 3.8) is 0 Å². The molecule has 0 aromatic heterocycles. The Morgan fingerprint density at radius 3 is 2.48 bits per heavy atom. The molecule has 6 nitrogen and oxygen atoms in total. The van der Waals surface area contributed by atoms with Gasteiger partial charge in [-0.05, 0) is 86.7 Å². The largest absolute Gasteiger partial charge is 0.374 e. The van der Waals surface area contributed by atoms with Crippen molar-refractivity contribution in [1.82, 2.24) is 10.2 Å². The number of fused-ring (bicyclic) bond motifs is 1. The number of nitrogens with one attached hydrogen (secondary N) is 2. The van der Waals surface area contributed by atoms with Crippen LogP contribution in [0.3, 0.4) is 0 Å². The van der Waals surface area contributed by atoms with Crippen LogP contribution in [0.5, 0.6) is 0 Å². The number of aryl methyl sites for hydroxylation is 2. The maximum Gasteiger partial charge on any atom is 0.313 e. The number of nitrogens with zero attached hydrogens (tertiary/aromatic N) is 2. The third-order valence-corrected chi connectivity index (χ3v) is 6.62. The number of hydrogen-bond donors (Lipinski definition) is 2. The zero-order chi connectivity index (χ0) is 22.0. The summed E-state index contributed by atoms with van der Waals surface area (Å²) >= 11 is 0. The van der Waals surface area contributed by atoms with Gasteiger partial charge < -0.3 is 15.5 Å². The van der Waals surface area contributed by atoms with Crippen LogP contribution in [-0.4, -0.2) is 49.9 Å². The average Bonchev–Trinajstić information content (AvgIpc) is 3.41. The Hall–Kier alpha value is -2.86. The van der Waals surface area contributed by atoms with Crippen LogP contribution < -0.4 is 15.5 Å². The van der Waals surface area contributed by atoms with E-state index in [0.29, 0.717) is 12.2 Å². The second kappa shape index (κ2) is 9.10. The van der Waals surface area contributed by atoms with E-state index in [1.807, 2.05) is 32.0 Å². The number of likely N-dealkylation sites (N-methyl/N-ethyl adjacent to an activating group) is 1. The molecule has 1 fully saturated rings. The molecular formula is C25H32N4O2. The van der Waals surface area contributed by atoms with Gasteiger partial charge in [-0.3, -0.25) is 14.5 Å². The van der Waals surface area contributed by atoms with Crippen LogP contribution in [0.4, 0.5) is 11.4 Å². The number of anilines is 2. The molecule has 0 saturated carbocycles. The van der Waals surface area contributed by atoms with E-state index in [1.165, 1.54) is 29.7 Å². The molecule has 0 radical (unpaired) electrons. The number of likely N-dealkylation sites (tertiary alicyclic amines) is 1. The Morgan fingerprint density at radius 1 is 0.968 bits per heavy atom. The van der Waals surface area contributed by atoms with Crippen LogP contribution in [0.25, 0.3) is 0 Å². The first-order chi connectivity index (χ1) is 14.9. The fourth-order valence-corrected chi connectivity index (χ4v) is 4.58. The lowest BCUT2D eigenvalue weighted by Gasteiger charge is -2.28. The van der Waals surface area contributed by atoms with Crippen molar-refractivity contribution in [3.8, 4) is 0 Å².